The Labute approximate surface area is 111 Å². The lowest BCUT2D eigenvalue weighted by Crippen LogP contribution is -2.10. The van der Waals surface area contributed by atoms with Crippen molar-refractivity contribution < 1.29 is 9.13 Å². The summed E-state index contributed by atoms with van der Waals surface area (Å²) in [5.41, 5.74) is -0.282. The number of nitrogens with zero attached hydrogens (tertiary/aromatic N) is 1. The lowest BCUT2D eigenvalue weighted by atomic mass is 10.3. The highest BCUT2D eigenvalue weighted by atomic mass is 79.9. The van der Waals surface area contributed by atoms with Crippen molar-refractivity contribution in [2.45, 2.75) is 13.3 Å². The van der Waals surface area contributed by atoms with Gasteiger partial charge >= 0.3 is 0 Å². The van der Waals surface area contributed by atoms with E-state index in [0.717, 1.165) is 0 Å². The van der Waals surface area contributed by atoms with Crippen molar-refractivity contribution in [3.63, 3.8) is 0 Å². The molecule has 18 heavy (non-hydrogen) atoms. The number of aromatic amines is 1. The van der Waals surface area contributed by atoms with E-state index in [1.165, 1.54) is 24.3 Å². The number of H-pyrrole nitrogens is 1. The van der Waals surface area contributed by atoms with Gasteiger partial charge in [-0.1, -0.05) is 6.92 Å². The molecule has 0 amide bonds. The van der Waals surface area contributed by atoms with Crippen molar-refractivity contribution >= 4 is 15.9 Å². The number of ether oxygens (including phenoxy) is 1. The Kier molecular flexibility index (Phi) is 3.76. The first-order chi connectivity index (χ1) is 8.58. The molecule has 1 aromatic carbocycles. The number of halogens is 2. The van der Waals surface area contributed by atoms with Gasteiger partial charge in [-0.3, -0.25) is 4.79 Å². The van der Waals surface area contributed by atoms with Crippen LogP contribution in [0.3, 0.4) is 0 Å². The minimum absolute atomic E-state index is 0.183. The molecule has 0 aliphatic rings. The van der Waals surface area contributed by atoms with Crippen LogP contribution in [0.1, 0.15) is 12.7 Å². The van der Waals surface area contributed by atoms with E-state index in [4.69, 9.17) is 4.74 Å². The summed E-state index contributed by atoms with van der Waals surface area (Å²) in [6, 6.07) is 5.26. The van der Waals surface area contributed by atoms with Crippen molar-refractivity contribution in [3.8, 4) is 11.6 Å². The summed E-state index contributed by atoms with van der Waals surface area (Å²) in [5.74, 6) is 0.748. The maximum Gasteiger partial charge on any atom is 0.254 e. The van der Waals surface area contributed by atoms with Gasteiger partial charge in [-0.2, -0.15) is 4.98 Å². The van der Waals surface area contributed by atoms with Crippen LogP contribution in [0.5, 0.6) is 11.6 Å². The van der Waals surface area contributed by atoms with E-state index in [0.29, 0.717) is 22.5 Å². The van der Waals surface area contributed by atoms with E-state index in [1.807, 2.05) is 6.92 Å². The van der Waals surface area contributed by atoms with Crippen molar-refractivity contribution in [3.05, 3.63) is 50.7 Å². The van der Waals surface area contributed by atoms with Crippen LogP contribution in [0.15, 0.2) is 33.5 Å². The van der Waals surface area contributed by atoms with E-state index in [9.17, 15) is 9.18 Å². The highest BCUT2D eigenvalue weighted by molar-refractivity contribution is 9.10. The molecule has 0 spiro atoms. The van der Waals surface area contributed by atoms with Gasteiger partial charge < -0.3 is 9.72 Å². The molecule has 0 fully saturated rings. The molecule has 6 heteroatoms. The summed E-state index contributed by atoms with van der Waals surface area (Å²) in [5, 5.41) is 0. The lowest BCUT2D eigenvalue weighted by Gasteiger charge is -2.07. The summed E-state index contributed by atoms with van der Waals surface area (Å²) >= 11 is 3.18. The Morgan fingerprint density at radius 3 is 2.89 bits per heavy atom. The van der Waals surface area contributed by atoms with E-state index < -0.39 is 0 Å². The summed E-state index contributed by atoms with van der Waals surface area (Å²) in [6.07, 6.45) is 0.594. The zero-order chi connectivity index (χ0) is 13.1. The third-order valence-corrected chi connectivity index (χ3v) is 2.83. The van der Waals surface area contributed by atoms with E-state index in [1.54, 1.807) is 0 Å². The predicted molar refractivity (Wildman–Crippen MR) is 68.4 cm³/mol. The molecule has 0 saturated carbocycles. The molecule has 0 aliphatic carbocycles. The number of rotatable bonds is 3. The third-order valence-electron chi connectivity index (χ3n) is 2.21. The number of aromatic nitrogens is 2. The smallest absolute Gasteiger partial charge is 0.254 e. The Morgan fingerprint density at radius 2 is 2.22 bits per heavy atom. The van der Waals surface area contributed by atoms with Gasteiger partial charge in [-0.25, -0.2) is 4.39 Å². The van der Waals surface area contributed by atoms with E-state index >= 15 is 0 Å². The number of aryl methyl sites for hydroxylation is 1. The molecule has 0 radical (unpaired) electrons. The summed E-state index contributed by atoms with van der Waals surface area (Å²) < 4.78 is 18.8. The number of benzene rings is 1. The molecular formula is C12H10BrFN2O2. The van der Waals surface area contributed by atoms with Crippen molar-refractivity contribution in [1.82, 2.24) is 9.97 Å². The Balaban J connectivity index is 2.33. The molecule has 94 valence electrons. The van der Waals surface area contributed by atoms with Crippen LogP contribution in [0.25, 0.3) is 0 Å². The van der Waals surface area contributed by atoms with Gasteiger partial charge in [-0.15, -0.1) is 0 Å². The SMILES string of the molecule is CCc1nc(Oc2ccc(F)cc2Br)cc(=O)[nH]1. The zero-order valence-electron chi connectivity index (χ0n) is 9.54. The van der Waals surface area contributed by atoms with E-state index in [2.05, 4.69) is 25.9 Å². The van der Waals surface area contributed by atoms with E-state index in [-0.39, 0.29) is 17.3 Å². The van der Waals surface area contributed by atoms with Crippen LogP contribution in [-0.4, -0.2) is 9.97 Å². The average Bonchev–Trinajstić information content (AvgIpc) is 2.32. The normalized spacial score (nSPS) is 10.4. The molecule has 0 atom stereocenters. The van der Waals surface area contributed by atoms with Gasteiger partial charge in [0.05, 0.1) is 10.5 Å². The summed E-state index contributed by atoms with van der Waals surface area (Å²) in [7, 11) is 0. The molecule has 1 aromatic heterocycles. The fourth-order valence-electron chi connectivity index (χ4n) is 1.37. The van der Waals surface area contributed by atoms with Crippen molar-refractivity contribution in [2.24, 2.45) is 0 Å². The predicted octanol–water partition coefficient (Wildman–Crippen LogP) is 3.03. The minimum atomic E-state index is -0.373. The van der Waals surface area contributed by atoms with Gasteiger partial charge in [0.25, 0.3) is 5.56 Å². The Hall–Kier alpha value is -1.69. The average molecular weight is 313 g/mol. The number of hydrogen-bond acceptors (Lipinski definition) is 3. The third kappa shape index (κ3) is 2.95. The second kappa shape index (κ2) is 5.30. The van der Waals surface area contributed by atoms with Crippen molar-refractivity contribution in [2.75, 3.05) is 0 Å². The molecule has 0 aliphatic heterocycles. The largest absolute Gasteiger partial charge is 0.438 e. The fourth-order valence-corrected chi connectivity index (χ4v) is 1.81. The molecular weight excluding hydrogens is 303 g/mol. The highest BCUT2D eigenvalue weighted by Gasteiger charge is 2.07. The maximum atomic E-state index is 12.9. The van der Waals surface area contributed by atoms with Crippen LogP contribution in [0, 0.1) is 5.82 Å². The van der Waals surface area contributed by atoms with Gasteiger partial charge in [0.15, 0.2) is 0 Å². The molecule has 2 rings (SSSR count). The standard InChI is InChI=1S/C12H10BrFN2O2/c1-2-10-15-11(17)6-12(16-10)18-9-4-3-7(14)5-8(9)13/h3-6H,2H2,1H3,(H,15,16,17). The molecule has 4 nitrogen and oxygen atoms in total. The highest BCUT2D eigenvalue weighted by Crippen LogP contribution is 2.28. The first kappa shape index (κ1) is 12.8. The molecule has 1 heterocycles. The molecule has 0 bridgehead atoms. The first-order valence-electron chi connectivity index (χ1n) is 5.31. The molecule has 2 aromatic rings. The second-order valence-electron chi connectivity index (χ2n) is 3.56. The minimum Gasteiger partial charge on any atom is -0.438 e. The zero-order valence-corrected chi connectivity index (χ0v) is 11.1. The van der Waals surface area contributed by atoms with Crippen LogP contribution < -0.4 is 10.3 Å². The van der Waals surface area contributed by atoms with Crippen LogP contribution >= 0.6 is 15.9 Å². The number of nitrogens with one attached hydrogen (secondary N) is 1. The monoisotopic (exact) mass is 312 g/mol. The van der Waals surface area contributed by atoms with Crippen LogP contribution in [0.2, 0.25) is 0 Å². The van der Waals surface area contributed by atoms with Gasteiger partial charge in [0.1, 0.15) is 17.4 Å². The van der Waals surface area contributed by atoms with Crippen LogP contribution in [-0.2, 0) is 6.42 Å². The summed E-state index contributed by atoms with van der Waals surface area (Å²) in [6.45, 7) is 1.87. The topological polar surface area (TPSA) is 55.0 Å². The first-order valence-corrected chi connectivity index (χ1v) is 6.11. The molecule has 1 N–H and O–H groups in total. The van der Waals surface area contributed by atoms with Crippen molar-refractivity contribution in [1.29, 1.82) is 0 Å². The summed E-state index contributed by atoms with van der Waals surface area (Å²) in [4.78, 5) is 18.1. The maximum absolute atomic E-state index is 12.9. The van der Waals surface area contributed by atoms with Gasteiger partial charge in [-0.05, 0) is 34.1 Å². The molecule has 0 saturated heterocycles. The quantitative estimate of drug-likeness (QED) is 0.947. The second-order valence-corrected chi connectivity index (χ2v) is 4.42. The van der Waals surface area contributed by atoms with Gasteiger partial charge in [0, 0.05) is 6.42 Å². The van der Waals surface area contributed by atoms with Crippen LogP contribution in [0.4, 0.5) is 4.39 Å². The lowest BCUT2D eigenvalue weighted by molar-refractivity contribution is 0.453. The Morgan fingerprint density at radius 1 is 1.44 bits per heavy atom. The fraction of sp³-hybridized carbons (Fsp3) is 0.167. The molecule has 0 unspecified atom stereocenters. The number of hydrogen-bond donors (Lipinski definition) is 1. The van der Waals surface area contributed by atoms with Gasteiger partial charge in [0.2, 0.25) is 5.88 Å². The Bertz CT molecular complexity index is 628.